The standard InChI is InChI=1S/C14H21NO4/c1-3-11-5-4-6-13(7-11)19-10-14(17)15-8-12(16)9-18-2/h4-7,12,16H,3,8-10H2,1-2H3,(H,15,17). The Balaban J connectivity index is 2.29. The van der Waals surface area contributed by atoms with Gasteiger partial charge in [-0.25, -0.2) is 0 Å². The predicted octanol–water partition coefficient (Wildman–Crippen LogP) is 0.751. The van der Waals surface area contributed by atoms with Crippen LogP contribution >= 0.6 is 0 Å². The van der Waals surface area contributed by atoms with Crippen molar-refractivity contribution < 1.29 is 19.4 Å². The minimum absolute atomic E-state index is 0.0626. The van der Waals surface area contributed by atoms with Gasteiger partial charge in [0.15, 0.2) is 6.61 Å². The van der Waals surface area contributed by atoms with Crippen molar-refractivity contribution in [1.82, 2.24) is 5.32 Å². The van der Waals surface area contributed by atoms with Gasteiger partial charge in [0.25, 0.3) is 5.91 Å². The number of carbonyl (C=O) groups excluding carboxylic acids is 1. The van der Waals surface area contributed by atoms with E-state index in [1.807, 2.05) is 24.3 Å². The largest absolute Gasteiger partial charge is 0.484 e. The Morgan fingerprint density at radius 1 is 1.47 bits per heavy atom. The summed E-state index contributed by atoms with van der Waals surface area (Å²) in [7, 11) is 1.49. The summed E-state index contributed by atoms with van der Waals surface area (Å²) in [5, 5.41) is 11.9. The van der Waals surface area contributed by atoms with Crippen molar-refractivity contribution in [2.75, 3.05) is 26.9 Å². The van der Waals surface area contributed by atoms with Crippen LogP contribution in [0.5, 0.6) is 5.75 Å². The quantitative estimate of drug-likeness (QED) is 0.729. The first kappa shape index (κ1) is 15.5. The van der Waals surface area contributed by atoms with Crippen molar-refractivity contribution in [2.24, 2.45) is 0 Å². The lowest BCUT2D eigenvalue weighted by molar-refractivity contribution is -0.123. The molecule has 0 aliphatic heterocycles. The molecule has 0 fully saturated rings. The number of hydrogen-bond donors (Lipinski definition) is 2. The minimum atomic E-state index is -0.697. The molecular formula is C14H21NO4. The average Bonchev–Trinajstić information content (AvgIpc) is 2.43. The van der Waals surface area contributed by atoms with Crippen LogP contribution in [-0.2, 0) is 16.0 Å². The Bertz CT molecular complexity index is 395. The molecule has 0 heterocycles. The fourth-order valence-corrected chi connectivity index (χ4v) is 1.54. The highest BCUT2D eigenvalue weighted by atomic mass is 16.5. The predicted molar refractivity (Wildman–Crippen MR) is 72.2 cm³/mol. The molecule has 0 aliphatic rings. The molecule has 0 spiro atoms. The number of rotatable bonds is 8. The van der Waals surface area contributed by atoms with E-state index in [-0.39, 0.29) is 25.7 Å². The lowest BCUT2D eigenvalue weighted by atomic mass is 10.2. The summed E-state index contributed by atoms with van der Waals surface area (Å²) in [6.07, 6.45) is 0.226. The first-order valence-electron chi connectivity index (χ1n) is 6.31. The third-order valence-corrected chi connectivity index (χ3v) is 2.57. The Labute approximate surface area is 113 Å². The molecule has 0 bridgehead atoms. The molecule has 1 aromatic carbocycles. The van der Waals surface area contributed by atoms with E-state index in [9.17, 15) is 9.90 Å². The van der Waals surface area contributed by atoms with E-state index < -0.39 is 6.10 Å². The van der Waals surface area contributed by atoms with Crippen molar-refractivity contribution >= 4 is 5.91 Å². The van der Waals surface area contributed by atoms with Gasteiger partial charge in [0.2, 0.25) is 0 Å². The monoisotopic (exact) mass is 267 g/mol. The highest BCUT2D eigenvalue weighted by molar-refractivity contribution is 5.77. The molecule has 0 aliphatic carbocycles. The molecule has 1 unspecified atom stereocenters. The zero-order valence-electron chi connectivity index (χ0n) is 11.4. The van der Waals surface area contributed by atoms with Crippen LogP contribution in [0.25, 0.3) is 0 Å². The van der Waals surface area contributed by atoms with E-state index in [2.05, 4.69) is 12.2 Å². The van der Waals surface area contributed by atoms with Crippen molar-refractivity contribution in [1.29, 1.82) is 0 Å². The Hall–Kier alpha value is -1.59. The zero-order chi connectivity index (χ0) is 14.1. The summed E-state index contributed by atoms with van der Waals surface area (Å²) >= 11 is 0. The van der Waals surface area contributed by atoms with Gasteiger partial charge in [0.05, 0.1) is 12.7 Å². The highest BCUT2D eigenvalue weighted by Crippen LogP contribution is 2.13. The van der Waals surface area contributed by atoms with E-state index in [1.165, 1.54) is 7.11 Å². The number of methoxy groups -OCH3 is 1. The number of aliphatic hydroxyl groups excluding tert-OH is 1. The SMILES string of the molecule is CCc1cccc(OCC(=O)NCC(O)COC)c1. The van der Waals surface area contributed by atoms with E-state index in [0.717, 1.165) is 12.0 Å². The molecule has 1 amide bonds. The molecule has 5 heteroatoms. The summed E-state index contributed by atoms with van der Waals surface area (Å²) in [6.45, 7) is 2.35. The van der Waals surface area contributed by atoms with E-state index >= 15 is 0 Å². The normalized spacial score (nSPS) is 11.9. The summed E-state index contributed by atoms with van der Waals surface area (Å²) in [5.41, 5.74) is 1.16. The third kappa shape index (κ3) is 6.22. The van der Waals surface area contributed by atoms with Gasteiger partial charge in [-0.2, -0.15) is 0 Å². The topological polar surface area (TPSA) is 67.8 Å². The molecule has 2 N–H and O–H groups in total. The van der Waals surface area contributed by atoms with E-state index in [1.54, 1.807) is 0 Å². The van der Waals surface area contributed by atoms with Crippen molar-refractivity contribution in [3.05, 3.63) is 29.8 Å². The smallest absolute Gasteiger partial charge is 0.258 e. The number of carbonyl (C=O) groups is 1. The van der Waals surface area contributed by atoms with Crippen LogP contribution in [-0.4, -0.2) is 44.0 Å². The second-order valence-electron chi connectivity index (χ2n) is 4.20. The van der Waals surface area contributed by atoms with Crippen LogP contribution < -0.4 is 10.1 Å². The number of aryl methyl sites for hydroxylation is 1. The van der Waals surface area contributed by atoms with Gasteiger partial charge < -0.3 is 19.9 Å². The number of hydrogen-bond acceptors (Lipinski definition) is 4. The van der Waals surface area contributed by atoms with Crippen molar-refractivity contribution in [3.63, 3.8) is 0 Å². The second-order valence-corrected chi connectivity index (χ2v) is 4.20. The fourth-order valence-electron chi connectivity index (χ4n) is 1.54. The van der Waals surface area contributed by atoms with E-state index in [0.29, 0.717) is 5.75 Å². The number of benzene rings is 1. The molecule has 0 aromatic heterocycles. The average molecular weight is 267 g/mol. The van der Waals surface area contributed by atoms with Crippen molar-refractivity contribution in [2.45, 2.75) is 19.4 Å². The second kappa shape index (κ2) is 8.50. The van der Waals surface area contributed by atoms with Gasteiger partial charge >= 0.3 is 0 Å². The zero-order valence-corrected chi connectivity index (χ0v) is 11.4. The van der Waals surface area contributed by atoms with Gasteiger partial charge in [-0.3, -0.25) is 4.79 Å². The Morgan fingerprint density at radius 3 is 2.95 bits per heavy atom. The number of ether oxygens (including phenoxy) is 2. The minimum Gasteiger partial charge on any atom is -0.484 e. The van der Waals surface area contributed by atoms with Gasteiger partial charge in [-0.05, 0) is 24.1 Å². The molecule has 0 saturated carbocycles. The van der Waals surface area contributed by atoms with Crippen LogP contribution in [0.3, 0.4) is 0 Å². The van der Waals surface area contributed by atoms with Gasteiger partial charge in [-0.1, -0.05) is 19.1 Å². The summed E-state index contributed by atoms with van der Waals surface area (Å²) in [5.74, 6) is 0.406. The maximum absolute atomic E-state index is 11.5. The number of amides is 1. The number of nitrogens with one attached hydrogen (secondary N) is 1. The van der Waals surface area contributed by atoms with Gasteiger partial charge in [0.1, 0.15) is 5.75 Å². The molecule has 19 heavy (non-hydrogen) atoms. The van der Waals surface area contributed by atoms with Gasteiger partial charge in [-0.15, -0.1) is 0 Å². The lowest BCUT2D eigenvalue weighted by Gasteiger charge is -2.11. The maximum atomic E-state index is 11.5. The highest BCUT2D eigenvalue weighted by Gasteiger charge is 2.07. The lowest BCUT2D eigenvalue weighted by Crippen LogP contribution is -2.36. The summed E-state index contributed by atoms with van der Waals surface area (Å²) in [4.78, 5) is 11.5. The molecule has 5 nitrogen and oxygen atoms in total. The van der Waals surface area contributed by atoms with Crippen LogP contribution in [0.2, 0.25) is 0 Å². The molecule has 0 radical (unpaired) electrons. The van der Waals surface area contributed by atoms with Crippen LogP contribution in [0.4, 0.5) is 0 Å². The summed E-state index contributed by atoms with van der Waals surface area (Å²) in [6, 6.07) is 7.63. The molecule has 1 aromatic rings. The molecule has 0 saturated heterocycles. The summed E-state index contributed by atoms with van der Waals surface area (Å²) < 4.78 is 10.1. The first-order chi connectivity index (χ1) is 9.15. The molecule has 1 atom stereocenters. The fraction of sp³-hybridized carbons (Fsp3) is 0.500. The molecule has 106 valence electrons. The third-order valence-electron chi connectivity index (χ3n) is 2.57. The van der Waals surface area contributed by atoms with Crippen LogP contribution in [0.15, 0.2) is 24.3 Å². The first-order valence-corrected chi connectivity index (χ1v) is 6.31. The maximum Gasteiger partial charge on any atom is 0.258 e. The van der Waals surface area contributed by atoms with E-state index in [4.69, 9.17) is 9.47 Å². The molecule has 1 rings (SSSR count). The Kier molecular flexibility index (Phi) is 6.92. The molecular weight excluding hydrogens is 246 g/mol. The Morgan fingerprint density at radius 2 is 2.26 bits per heavy atom. The van der Waals surface area contributed by atoms with Crippen LogP contribution in [0, 0.1) is 0 Å². The van der Waals surface area contributed by atoms with Crippen molar-refractivity contribution in [3.8, 4) is 5.75 Å². The van der Waals surface area contributed by atoms with Crippen LogP contribution in [0.1, 0.15) is 12.5 Å². The number of aliphatic hydroxyl groups is 1. The van der Waals surface area contributed by atoms with Gasteiger partial charge in [0, 0.05) is 13.7 Å².